The molecule has 162 valence electrons. The van der Waals surface area contributed by atoms with E-state index in [1.54, 1.807) is 4.90 Å². The van der Waals surface area contributed by atoms with E-state index in [2.05, 4.69) is 6.07 Å². The van der Waals surface area contributed by atoms with Crippen LogP contribution in [0.1, 0.15) is 43.4 Å². The van der Waals surface area contributed by atoms with Crippen LogP contribution in [-0.4, -0.2) is 62.3 Å². The number of carbonyl (C=O) groups excluding carboxylic acids is 1. The topological polar surface area (TPSA) is 76.2 Å². The molecule has 0 unspecified atom stereocenters. The molecular formula is C21H32N2O5S. The summed E-state index contributed by atoms with van der Waals surface area (Å²) in [7, 11) is -3.14. The number of hydrogen-bond acceptors (Lipinski definition) is 5. The van der Waals surface area contributed by atoms with Crippen molar-refractivity contribution in [2.75, 3.05) is 32.5 Å². The second kappa shape index (κ2) is 9.45. The van der Waals surface area contributed by atoms with Crippen LogP contribution in [0.2, 0.25) is 0 Å². The molecule has 29 heavy (non-hydrogen) atoms. The van der Waals surface area contributed by atoms with Crippen LogP contribution in [0.3, 0.4) is 0 Å². The lowest BCUT2D eigenvalue weighted by molar-refractivity contribution is 0.0406. The van der Waals surface area contributed by atoms with Gasteiger partial charge in [-0.15, -0.1) is 0 Å². The molecule has 0 saturated carbocycles. The minimum Gasteiger partial charge on any atom is -0.447 e. The molecule has 7 nitrogen and oxygen atoms in total. The van der Waals surface area contributed by atoms with Crippen LogP contribution in [0, 0.1) is 5.92 Å². The first-order valence-corrected chi connectivity index (χ1v) is 12.2. The summed E-state index contributed by atoms with van der Waals surface area (Å²) in [6.07, 6.45) is 3.55. The van der Waals surface area contributed by atoms with Crippen molar-refractivity contribution in [1.82, 2.24) is 9.21 Å². The van der Waals surface area contributed by atoms with Crippen molar-refractivity contribution in [3.8, 4) is 0 Å². The van der Waals surface area contributed by atoms with Gasteiger partial charge in [-0.1, -0.05) is 18.2 Å². The number of fused-ring (bicyclic) bond motifs is 1. The molecule has 0 aliphatic carbocycles. The Hall–Kier alpha value is -1.64. The highest BCUT2D eigenvalue weighted by Gasteiger charge is 2.25. The fourth-order valence-electron chi connectivity index (χ4n) is 3.86. The number of likely N-dealkylation sites (tertiary alicyclic amines) is 1. The molecule has 2 aliphatic rings. The summed E-state index contributed by atoms with van der Waals surface area (Å²) in [4.78, 5) is 13.7. The van der Waals surface area contributed by atoms with E-state index < -0.39 is 10.0 Å². The molecule has 1 aromatic rings. The highest BCUT2D eigenvalue weighted by Crippen LogP contribution is 2.23. The number of rotatable bonds is 6. The number of ether oxygens (including phenoxy) is 2. The Bertz CT molecular complexity index is 816. The van der Waals surface area contributed by atoms with Crippen LogP contribution in [0.15, 0.2) is 18.2 Å². The van der Waals surface area contributed by atoms with Crippen molar-refractivity contribution in [3.05, 3.63) is 34.9 Å². The quantitative estimate of drug-likeness (QED) is 0.702. The zero-order valence-electron chi connectivity index (χ0n) is 17.6. The minimum absolute atomic E-state index is 0.0883. The van der Waals surface area contributed by atoms with Gasteiger partial charge < -0.3 is 14.4 Å². The van der Waals surface area contributed by atoms with Gasteiger partial charge in [0.2, 0.25) is 10.0 Å². The van der Waals surface area contributed by atoms with E-state index in [4.69, 9.17) is 9.47 Å². The number of amides is 1. The van der Waals surface area contributed by atoms with E-state index in [0.717, 1.165) is 43.5 Å². The third-order valence-corrected chi connectivity index (χ3v) is 6.80. The first kappa shape index (κ1) is 22.1. The SMILES string of the molecule is CC(C)OC(=O)N1CCC(COCc2ccc3c(c2)CCN(S(C)(=O)=O)C3)CC1. The zero-order chi connectivity index (χ0) is 21.0. The summed E-state index contributed by atoms with van der Waals surface area (Å²) in [5.41, 5.74) is 3.41. The molecule has 0 aromatic heterocycles. The van der Waals surface area contributed by atoms with E-state index in [1.165, 1.54) is 16.1 Å². The van der Waals surface area contributed by atoms with Crippen molar-refractivity contribution < 1.29 is 22.7 Å². The molecule has 1 amide bonds. The summed E-state index contributed by atoms with van der Waals surface area (Å²) in [6.45, 7) is 7.39. The van der Waals surface area contributed by atoms with E-state index >= 15 is 0 Å². The minimum atomic E-state index is -3.14. The Labute approximate surface area is 174 Å². The highest BCUT2D eigenvalue weighted by atomic mass is 32.2. The van der Waals surface area contributed by atoms with Crippen molar-refractivity contribution in [2.24, 2.45) is 5.92 Å². The van der Waals surface area contributed by atoms with Gasteiger partial charge in [0.1, 0.15) is 0 Å². The standard InChI is InChI=1S/C21H32N2O5S/c1-16(2)28-21(24)22-9-6-17(7-10-22)14-27-15-18-4-5-20-13-23(29(3,25)26)11-8-19(20)12-18/h4-5,12,16-17H,6-11,13-15H2,1-3H3. The van der Waals surface area contributed by atoms with Crippen LogP contribution in [0.5, 0.6) is 0 Å². The third kappa shape index (κ3) is 6.17. The molecule has 0 radical (unpaired) electrons. The second-order valence-corrected chi connectivity index (χ2v) is 10.3. The molecule has 8 heteroatoms. The van der Waals surface area contributed by atoms with Gasteiger partial charge in [-0.3, -0.25) is 0 Å². The average molecular weight is 425 g/mol. The van der Waals surface area contributed by atoms with Crippen LogP contribution >= 0.6 is 0 Å². The van der Waals surface area contributed by atoms with E-state index in [0.29, 0.717) is 32.2 Å². The Morgan fingerprint density at radius 3 is 2.55 bits per heavy atom. The van der Waals surface area contributed by atoms with Gasteiger partial charge in [-0.25, -0.2) is 13.2 Å². The highest BCUT2D eigenvalue weighted by molar-refractivity contribution is 7.88. The molecule has 3 rings (SSSR count). The molecule has 0 bridgehead atoms. The van der Waals surface area contributed by atoms with E-state index in [-0.39, 0.29) is 12.2 Å². The fourth-order valence-corrected chi connectivity index (χ4v) is 4.65. The molecule has 2 aliphatic heterocycles. The largest absolute Gasteiger partial charge is 0.447 e. The maximum absolute atomic E-state index is 11.9. The predicted octanol–water partition coefficient (Wildman–Crippen LogP) is 2.78. The van der Waals surface area contributed by atoms with Crippen molar-refractivity contribution in [1.29, 1.82) is 0 Å². The third-order valence-electron chi connectivity index (χ3n) is 5.55. The average Bonchev–Trinajstić information content (AvgIpc) is 2.67. The number of nitrogens with zero attached hydrogens (tertiary/aromatic N) is 2. The number of sulfonamides is 1. The van der Waals surface area contributed by atoms with E-state index in [1.807, 2.05) is 26.0 Å². The van der Waals surface area contributed by atoms with Crippen LogP contribution in [-0.2, 0) is 39.1 Å². The molecule has 1 aromatic carbocycles. The first-order valence-electron chi connectivity index (χ1n) is 10.3. The second-order valence-electron chi connectivity index (χ2n) is 8.33. The van der Waals surface area contributed by atoms with E-state index in [9.17, 15) is 13.2 Å². The summed E-state index contributed by atoms with van der Waals surface area (Å²) < 4.78 is 36.2. The summed E-state index contributed by atoms with van der Waals surface area (Å²) in [6, 6.07) is 6.18. The number of piperidine rings is 1. The Morgan fingerprint density at radius 2 is 1.90 bits per heavy atom. The van der Waals surface area contributed by atoms with Gasteiger partial charge in [0.25, 0.3) is 0 Å². The normalized spacial score (nSPS) is 18.7. The maximum Gasteiger partial charge on any atom is 0.410 e. The summed E-state index contributed by atoms with van der Waals surface area (Å²) >= 11 is 0. The van der Waals surface area contributed by atoms with Gasteiger partial charge in [0, 0.05) is 32.8 Å². The lowest BCUT2D eigenvalue weighted by atomic mass is 9.97. The zero-order valence-corrected chi connectivity index (χ0v) is 18.4. The Kier molecular flexibility index (Phi) is 7.19. The maximum atomic E-state index is 11.9. The van der Waals surface area contributed by atoms with Crippen molar-refractivity contribution in [2.45, 2.75) is 52.4 Å². The van der Waals surface area contributed by atoms with Gasteiger partial charge in [-0.05, 0) is 55.7 Å². The smallest absolute Gasteiger partial charge is 0.410 e. The first-order chi connectivity index (χ1) is 13.7. The van der Waals surface area contributed by atoms with Crippen molar-refractivity contribution in [3.63, 3.8) is 0 Å². The molecule has 2 heterocycles. The lowest BCUT2D eigenvalue weighted by Crippen LogP contribution is -2.40. The van der Waals surface area contributed by atoms with Gasteiger partial charge in [0.05, 0.1) is 19.0 Å². The van der Waals surface area contributed by atoms with Crippen LogP contribution in [0.25, 0.3) is 0 Å². The molecule has 1 saturated heterocycles. The Balaban J connectivity index is 1.42. The van der Waals surface area contributed by atoms with Gasteiger partial charge in [0.15, 0.2) is 0 Å². The van der Waals surface area contributed by atoms with Gasteiger partial charge >= 0.3 is 6.09 Å². The number of carbonyl (C=O) groups is 1. The van der Waals surface area contributed by atoms with Crippen molar-refractivity contribution >= 4 is 16.1 Å². The van der Waals surface area contributed by atoms with Crippen LogP contribution < -0.4 is 0 Å². The molecule has 1 fully saturated rings. The Morgan fingerprint density at radius 1 is 1.17 bits per heavy atom. The summed E-state index contributed by atoms with van der Waals surface area (Å²) in [5.74, 6) is 0.457. The fraction of sp³-hybridized carbons (Fsp3) is 0.667. The molecule has 0 atom stereocenters. The monoisotopic (exact) mass is 424 g/mol. The molecule has 0 spiro atoms. The lowest BCUT2D eigenvalue weighted by Gasteiger charge is -2.31. The number of benzene rings is 1. The van der Waals surface area contributed by atoms with Crippen LogP contribution in [0.4, 0.5) is 4.79 Å². The van der Waals surface area contributed by atoms with Gasteiger partial charge in [-0.2, -0.15) is 4.31 Å². The summed E-state index contributed by atoms with van der Waals surface area (Å²) in [5, 5.41) is 0. The molecular weight excluding hydrogens is 392 g/mol. The number of hydrogen-bond donors (Lipinski definition) is 0. The predicted molar refractivity (Wildman–Crippen MR) is 111 cm³/mol. The molecule has 0 N–H and O–H groups in total.